The summed E-state index contributed by atoms with van der Waals surface area (Å²) in [5, 5.41) is 20.7. The Morgan fingerprint density at radius 2 is 1.90 bits per heavy atom. The summed E-state index contributed by atoms with van der Waals surface area (Å²) >= 11 is 1.24. The van der Waals surface area contributed by atoms with Crippen LogP contribution in [0.2, 0.25) is 0 Å². The minimum atomic E-state index is -1.05. The monoisotopic (exact) mass is 442 g/mol. The predicted octanol–water partition coefficient (Wildman–Crippen LogP) is 3.31. The molecule has 2 N–H and O–H groups in total. The lowest BCUT2D eigenvalue weighted by Crippen LogP contribution is -2.15. The summed E-state index contributed by atoms with van der Waals surface area (Å²) in [5.74, 6) is 0.638. The van der Waals surface area contributed by atoms with Crippen LogP contribution in [0.1, 0.15) is 23.1 Å². The summed E-state index contributed by atoms with van der Waals surface area (Å²) in [6, 6.07) is 13.4. The highest BCUT2D eigenvalue weighted by Crippen LogP contribution is 2.27. The number of ether oxygens (including phenoxy) is 2. The number of benzene rings is 2. The van der Waals surface area contributed by atoms with Crippen LogP contribution in [0.3, 0.4) is 0 Å². The third-order valence-corrected chi connectivity index (χ3v) is 5.23. The highest BCUT2D eigenvalue weighted by atomic mass is 32.2. The number of carboxylic acid groups (broad SMARTS) is 1. The molecule has 1 aromatic heterocycles. The summed E-state index contributed by atoms with van der Waals surface area (Å²) < 4.78 is 13.0. The molecular formula is C21H22N4O5S. The number of methoxy groups -OCH3 is 1. The molecule has 0 fully saturated rings. The molecule has 0 saturated carbocycles. The lowest BCUT2D eigenvalue weighted by molar-refractivity contribution is -0.113. The van der Waals surface area contributed by atoms with Crippen molar-refractivity contribution in [3.63, 3.8) is 0 Å². The van der Waals surface area contributed by atoms with Gasteiger partial charge in [0.05, 0.1) is 18.4 Å². The molecule has 3 aromatic rings. The van der Waals surface area contributed by atoms with E-state index in [2.05, 4.69) is 15.5 Å². The maximum atomic E-state index is 12.3. The van der Waals surface area contributed by atoms with Gasteiger partial charge in [-0.2, -0.15) is 0 Å². The molecule has 162 valence electrons. The lowest BCUT2D eigenvalue weighted by Gasteiger charge is -2.11. The molecule has 3 rings (SSSR count). The number of aromatic nitrogens is 3. The summed E-state index contributed by atoms with van der Waals surface area (Å²) in [6.07, 6.45) is 0. The van der Waals surface area contributed by atoms with Crippen LogP contribution >= 0.6 is 11.8 Å². The van der Waals surface area contributed by atoms with Crippen LogP contribution in [0.4, 0.5) is 5.69 Å². The second-order valence-corrected chi connectivity index (χ2v) is 7.25. The highest BCUT2D eigenvalue weighted by molar-refractivity contribution is 7.99. The van der Waals surface area contributed by atoms with E-state index in [9.17, 15) is 9.59 Å². The van der Waals surface area contributed by atoms with Crippen LogP contribution in [-0.2, 0) is 17.9 Å². The number of aromatic carboxylic acids is 1. The van der Waals surface area contributed by atoms with Crippen LogP contribution < -0.4 is 14.8 Å². The van der Waals surface area contributed by atoms with Gasteiger partial charge < -0.3 is 24.5 Å². The molecule has 10 heteroatoms. The van der Waals surface area contributed by atoms with E-state index in [1.54, 1.807) is 19.2 Å². The second-order valence-electron chi connectivity index (χ2n) is 6.31. The zero-order valence-corrected chi connectivity index (χ0v) is 17.9. The first kappa shape index (κ1) is 22.2. The Balaban J connectivity index is 1.59. The van der Waals surface area contributed by atoms with Crippen molar-refractivity contribution in [1.82, 2.24) is 14.8 Å². The van der Waals surface area contributed by atoms with E-state index in [1.807, 2.05) is 35.8 Å². The Bertz CT molecular complexity index is 1070. The van der Waals surface area contributed by atoms with E-state index in [4.69, 9.17) is 14.6 Å². The third kappa shape index (κ3) is 5.76. The number of nitrogens with one attached hydrogen (secondary N) is 1. The van der Waals surface area contributed by atoms with Crippen molar-refractivity contribution in [1.29, 1.82) is 0 Å². The molecule has 0 unspecified atom stereocenters. The van der Waals surface area contributed by atoms with Gasteiger partial charge in [0.1, 0.15) is 6.61 Å². The Morgan fingerprint density at radius 3 is 2.61 bits per heavy atom. The van der Waals surface area contributed by atoms with Crippen LogP contribution in [0.5, 0.6) is 11.5 Å². The smallest absolute Gasteiger partial charge is 0.335 e. The van der Waals surface area contributed by atoms with Gasteiger partial charge in [0.15, 0.2) is 22.5 Å². The Labute approximate surface area is 183 Å². The van der Waals surface area contributed by atoms with Gasteiger partial charge in [-0.15, -0.1) is 10.2 Å². The largest absolute Gasteiger partial charge is 0.493 e. The van der Waals surface area contributed by atoms with Gasteiger partial charge in [-0.05, 0) is 37.3 Å². The van der Waals surface area contributed by atoms with Gasteiger partial charge in [-0.1, -0.05) is 30.0 Å². The summed E-state index contributed by atoms with van der Waals surface area (Å²) in [5.41, 5.74) is 0.532. The predicted molar refractivity (Wildman–Crippen MR) is 116 cm³/mol. The molecule has 1 amide bonds. The van der Waals surface area contributed by atoms with E-state index < -0.39 is 5.97 Å². The number of anilines is 1. The Morgan fingerprint density at radius 1 is 1.13 bits per heavy atom. The van der Waals surface area contributed by atoms with Crippen LogP contribution in [0.25, 0.3) is 0 Å². The standard InChI is InChI=1S/C21H22N4O5S/c1-3-25-18(12-30-17-10-5-4-9-16(17)29-2)23-24-21(25)31-13-19(26)22-15-8-6-7-14(11-15)20(27)28/h4-11H,3,12-13H2,1-2H3,(H,22,26)(H,27,28). The maximum Gasteiger partial charge on any atom is 0.335 e. The molecule has 0 aliphatic rings. The second kappa shape index (κ2) is 10.5. The number of amides is 1. The summed E-state index contributed by atoms with van der Waals surface area (Å²) in [6.45, 7) is 2.77. The van der Waals surface area contributed by atoms with Crippen molar-refractivity contribution >= 4 is 29.3 Å². The quantitative estimate of drug-likeness (QED) is 0.460. The zero-order valence-electron chi connectivity index (χ0n) is 17.1. The molecule has 0 saturated heterocycles. The molecule has 2 aromatic carbocycles. The van der Waals surface area contributed by atoms with E-state index in [0.717, 1.165) is 0 Å². The number of hydrogen-bond acceptors (Lipinski definition) is 7. The van der Waals surface area contributed by atoms with E-state index in [-0.39, 0.29) is 23.8 Å². The molecular weight excluding hydrogens is 420 g/mol. The van der Waals surface area contributed by atoms with Gasteiger partial charge >= 0.3 is 5.97 Å². The van der Waals surface area contributed by atoms with E-state index in [1.165, 1.54) is 23.9 Å². The maximum absolute atomic E-state index is 12.3. The molecule has 0 spiro atoms. The molecule has 1 heterocycles. The van der Waals surface area contributed by atoms with Gasteiger partial charge in [0.25, 0.3) is 0 Å². The van der Waals surface area contributed by atoms with Crippen molar-refractivity contribution in [3.8, 4) is 11.5 Å². The molecule has 0 aliphatic heterocycles. The normalized spacial score (nSPS) is 10.5. The first-order valence-corrected chi connectivity index (χ1v) is 10.4. The average Bonchev–Trinajstić information content (AvgIpc) is 3.18. The number of rotatable bonds is 10. The van der Waals surface area contributed by atoms with Crippen LogP contribution in [-0.4, -0.2) is 44.6 Å². The molecule has 0 aliphatic carbocycles. The van der Waals surface area contributed by atoms with Crippen molar-refractivity contribution in [3.05, 3.63) is 59.9 Å². The van der Waals surface area contributed by atoms with Gasteiger partial charge in [0.2, 0.25) is 5.91 Å². The minimum Gasteiger partial charge on any atom is -0.493 e. The number of hydrogen-bond donors (Lipinski definition) is 2. The number of thioether (sulfide) groups is 1. The van der Waals surface area contributed by atoms with Crippen LogP contribution in [0.15, 0.2) is 53.7 Å². The van der Waals surface area contributed by atoms with Crippen molar-refractivity contribution in [2.75, 3.05) is 18.2 Å². The summed E-state index contributed by atoms with van der Waals surface area (Å²) in [7, 11) is 1.58. The fraction of sp³-hybridized carbons (Fsp3) is 0.238. The zero-order chi connectivity index (χ0) is 22.2. The fourth-order valence-corrected chi connectivity index (χ4v) is 3.61. The average molecular weight is 442 g/mol. The van der Waals surface area contributed by atoms with Crippen molar-refractivity contribution < 1.29 is 24.2 Å². The lowest BCUT2D eigenvalue weighted by atomic mass is 10.2. The summed E-state index contributed by atoms with van der Waals surface area (Å²) in [4.78, 5) is 23.3. The van der Waals surface area contributed by atoms with E-state index in [0.29, 0.717) is 34.7 Å². The number of carbonyl (C=O) groups excluding carboxylic acids is 1. The number of carboxylic acids is 1. The highest BCUT2D eigenvalue weighted by Gasteiger charge is 2.15. The topological polar surface area (TPSA) is 116 Å². The van der Waals surface area contributed by atoms with Crippen LogP contribution in [0, 0.1) is 0 Å². The third-order valence-electron chi connectivity index (χ3n) is 4.26. The molecule has 0 radical (unpaired) electrons. The molecule has 0 atom stereocenters. The Kier molecular flexibility index (Phi) is 7.50. The van der Waals surface area contributed by atoms with E-state index >= 15 is 0 Å². The number of para-hydroxylation sites is 2. The van der Waals surface area contributed by atoms with Crippen molar-refractivity contribution in [2.24, 2.45) is 0 Å². The number of nitrogens with zero attached hydrogens (tertiary/aromatic N) is 3. The van der Waals surface area contributed by atoms with Crippen molar-refractivity contribution in [2.45, 2.75) is 25.2 Å². The first-order valence-electron chi connectivity index (χ1n) is 9.45. The van der Waals surface area contributed by atoms with Gasteiger partial charge in [0, 0.05) is 12.2 Å². The Hall–Kier alpha value is -3.53. The molecule has 31 heavy (non-hydrogen) atoms. The molecule has 9 nitrogen and oxygen atoms in total. The van der Waals surface area contributed by atoms with Gasteiger partial charge in [-0.3, -0.25) is 4.79 Å². The first-order chi connectivity index (χ1) is 15.0. The molecule has 0 bridgehead atoms. The number of carbonyl (C=O) groups is 2. The SMILES string of the molecule is CCn1c(COc2ccccc2OC)nnc1SCC(=O)Nc1cccc(C(=O)O)c1. The minimum absolute atomic E-state index is 0.1000. The van der Waals surface area contributed by atoms with Gasteiger partial charge in [-0.25, -0.2) is 4.79 Å². The fourth-order valence-electron chi connectivity index (χ4n) is 2.79.